The van der Waals surface area contributed by atoms with E-state index in [1.54, 1.807) is 10.8 Å². The molecule has 4 rings (SSSR count). The van der Waals surface area contributed by atoms with Crippen LogP contribution in [0.15, 0.2) is 72.7 Å². The number of pyridine rings is 2. The molecule has 9 heteroatoms. The quantitative estimate of drug-likeness (QED) is 0.0730. The highest BCUT2D eigenvalue weighted by Gasteiger charge is 2.23. The van der Waals surface area contributed by atoms with Crippen molar-refractivity contribution in [3.63, 3.8) is 0 Å². The number of unbranched alkanes of at least 4 members (excludes halogenated alkanes) is 1. The van der Waals surface area contributed by atoms with Gasteiger partial charge in [0.1, 0.15) is 17.1 Å². The van der Waals surface area contributed by atoms with Crippen molar-refractivity contribution >= 4 is 34.1 Å². The normalized spacial score (nSPS) is 10.9. The van der Waals surface area contributed by atoms with E-state index in [1.807, 2.05) is 48.5 Å². The van der Waals surface area contributed by atoms with E-state index in [2.05, 4.69) is 63.4 Å². The number of nitrogen functional groups attached to an aromatic ring is 1. The van der Waals surface area contributed by atoms with Crippen LogP contribution in [0, 0.1) is 0 Å². The van der Waals surface area contributed by atoms with E-state index in [1.165, 1.54) is 0 Å². The monoisotopic (exact) mass is 613 g/mol. The van der Waals surface area contributed by atoms with Gasteiger partial charge in [0.05, 0.1) is 6.61 Å². The molecular formula is C36H47N5O4. The van der Waals surface area contributed by atoms with Crippen molar-refractivity contribution in [2.24, 2.45) is 0 Å². The summed E-state index contributed by atoms with van der Waals surface area (Å²) < 4.78 is 7.48. The molecule has 9 nitrogen and oxygen atoms in total. The second-order valence-electron chi connectivity index (χ2n) is 11.4. The summed E-state index contributed by atoms with van der Waals surface area (Å²) in [7, 11) is 0. The minimum atomic E-state index is -0.521. The molecule has 0 aliphatic carbocycles. The second kappa shape index (κ2) is 16.4. The number of aliphatic hydroxyl groups excluding tert-OH is 1. The van der Waals surface area contributed by atoms with E-state index in [-0.39, 0.29) is 29.7 Å². The molecule has 4 aromatic rings. The first-order valence-corrected chi connectivity index (χ1v) is 15.5. The number of aromatic nitrogens is 2. The van der Waals surface area contributed by atoms with Gasteiger partial charge in [-0.1, -0.05) is 53.2 Å². The zero-order chi connectivity index (χ0) is 33.1. The van der Waals surface area contributed by atoms with Crippen LogP contribution in [0.4, 0.5) is 21.9 Å². The first-order valence-electron chi connectivity index (χ1n) is 15.5. The van der Waals surface area contributed by atoms with Crippen LogP contribution < -0.4 is 26.7 Å². The van der Waals surface area contributed by atoms with Crippen LogP contribution in [-0.2, 0) is 6.54 Å². The first-order chi connectivity index (χ1) is 21.7. The van der Waals surface area contributed by atoms with Crippen molar-refractivity contribution in [3.8, 4) is 16.9 Å². The molecule has 2 heterocycles. The zero-order valence-electron chi connectivity index (χ0n) is 27.2. The van der Waals surface area contributed by atoms with Gasteiger partial charge in [-0.25, -0.2) is 9.78 Å². The minimum Gasteiger partial charge on any atom is -0.493 e. The predicted molar refractivity (Wildman–Crippen MR) is 186 cm³/mol. The average Bonchev–Trinajstić information content (AvgIpc) is 3.03. The number of carbonyl (C=O) groups is 1. The Kier molecular flexibility index (Phi) is 12.7. The summed E-state index contributed by atoms with van der Waals surface area (Å²) in [5.41, 5.74) is 11.1. The van der Waals surface area contributed by atoms with E-state index in [4.69, 9.17) is 10.5 Å². The highest BCUT2D eigenvalue weighted by atomic mass is 16.5. The highest BCUT2D eigenvalue weighted by Crippen LogP contribution is 2.37. The Morgan fingerprint density at radius 1 is 1.00 bits per heavy atom. The summed E-state index contributed by atoms with van der Waals surface area (Å²) in [6.45, 7) is 17.1. The number of urea groups is 1. The van der Waals surface area contributed by atoms with Crippen LogP contribution in [0.2, 0.25) is 0 Å². The molecular weight excluding hydrogens is 566 g/mol. The number of aryl methyl sites for hydroxylation is 1. The number of hydrogen-bond acceptors (Lipinski definition) is 6. The average molecular weight is 614 g/mol. The molecule has 0 aliphatic heterocycles. The number of benzene rings is 2. The molecule has 240 valence electrons. The van der Waals surface area contributed by atoms with Crippen molar-refractivity contribution in [1.29, 1.82) is 0 Å². The Bertz CT molecular complexity index is 1630. The van der Waals surface area contributed by atoms with Crippen LogP contribution >= 0.6 is 0 Å². The Labute approximate surface area is 266 Å². The van der Waals surface area contributed by atoms with Crippen LogP contribution in [0.3, 0.4) is 0 Å². The summed E-state index contributed by atoms with van der Waals surface area (Å²) >= 11 is 0. The Morgan fingerprint density at radius 3 is 2.29 bits per heavy atom. The molecule has 0 bridgehead atoms. The maximum absolute atomic E-state index is 14.2. The maximum atomic E-state index is 14.2. The molecule has 0 saturated heterocycles. The van der Waals surface area contributed by atoms with Gasteiger partial charge in [0.2, 0.25) is 0 Å². The van der Waals surface area contributed by atoms with Gasteiger partial charge in [-0.15, -0.1) is 13.2 Å². The fourth-order valence-electron chi connectivity index (χ4n) is 5.24. The van der Waals surface area contributed by atoms with E-state index in [9.17, 15) is 14.7 Å². The predicted octanol–water partition coefficient (Wildman–Crippen LogP) is 7.90. The van der Waals surface area contributed by atoms with E-state index in [0.29, 0.717) is 53.5 Å². The number of aliphatic hydroxyl groups is 1. The van der Waals surface area contributed by atoms with Gasteiger partial charge >= 0.3 is 6.03 Å². The molecule has 0 atom stereocenters. The number of nitrogens with one attached hydrogen (secondary N) is 2. The third kappa shape index (κ3) is 8.30. The third-order valence-electron chi connectivity index (χ3n) is 7.39. The summed E-state index contributed by atoms with van der Waals surface area (Å²) in [6, 6.07) is 14.4. The number of carbonyl (C=O) groups excluding carboxylic acids is 1. The number of nitrogens with two attached hydrogens (primary N) is 1. The van der Waals surface area contributed by atoms with Crippen LogP contribution in [0.1, 0.15) is 76.8 Å². The number of anilines is 3. The molecule has 2 aromatic heterocycles. The Balaban J connectivity index is 0.00000271. The van der Waals surface area contributed by atoms with Gasteiger partial charge in [0, 0.05) is 48.1 Å². The molecule has 0 saturated carbocycles. The smallest absolute Gasteiger partial charge is 0.323 e. The fraction of sp³-hybridized carbons (Fsp3) is 0.361. The lowest BCUT2D eigenvalue weighted by Crippen LogP contribution is -2.30. The number of fused-ring (bicyclic) bond motifs is 1. The van der Waals surface area contributed by atoms with Gasteiger partial charge in [0.25, 0.3) is 5.56 Å². The third-order valence-corrected chi connectivity index (χ3v) is 7.39. The number of rotatable bonds is 12. The summed E-state index contributed by atoms with van der Waals surface area (Å²) in [5, 5.41) is 15.9. The largest absolute Gasteiger partial charge is 0.493 e. The minimum absolute atomic E-state index is 0.0280. The highest BCUT2D eigenvalue weighted by molar-refractivity contribution is 6.08. The summed E-state index contributed by atoms with van der Waals surface area (Å²) in [4.78, 5) is 32.5. The summed E-state index contributed by atoms with van der Waals surface area (Å²) in [6.07, 6.45) is 3.85. The lowest BCUT2D eigenvalue weighted by molar-refractivity contribution is 0.233. The summed E-state index contributed by atoms with van der Waals surface area (Å²) in [5.74, 6) is 0.815. The second-order valence-corrected chi connectivity index (χ2v) is 11.4. The van der Waals surface area contributed by atoms with Gasteiger partial charge in [-0.3, -0.25) is 9.36 Å². The number of amides is 2. The lowest BCUT2D eigenvalue weighted by Gasteiger charge is -2.22. The van der Waals surface area contributed by atoms with E-state index >= 15 is 0 Å². The van der Waals surface area contributed by atoms with Gasteiger partial charge in [-0.05, 0) is 71.3 Å². The first kappa shape index (κ1) is 34.9. The topological polar surface area (TPSA) is 132 Å². The van der Waals surface area contributed by atoms with E-state index < -0.39 is 6.03 Å². The molecule has 0 spiro atoms. The fourth-order valence-corrected chi connectivity index (χ4v) is 5.24. The number of nitrogens with zero attached hydrogens (tertiary/aromatic N) is 2. The number of hydrogen-bond donors (Lipinski definition) is 4. The van der Waals surface area contributed by atoms with Crippen molar-refractivity contribution in [1.82, 2.24) is 9.55 Å². The van der Waals surface area contributed by atoms with Crippen LogP contribution in [0.25, 0.3) is 22.2 Å². The molecule has 0 aliphatic rings. The van der Waals surface area contributed by atoms with Gasteiger partial charge in [-0.2, -0.15) is 0 Å². The Morgan fingerprint density at radius 2 is 1.67 bits per heavy atom. The van der Waals surface area contributed by atoms with E-state index in [0.717, 1.165) is 29.4 Å². The molecule has 0 fully saturated rings. The standard InChI is InChI=1S/C34H43N5O4.C2H4/c1-6-7-15-39-32-26(13-9-14-36-32)29(23-11-8-12-25(18-23)43-17-10-16-40)31(33(39)41)38-34(42)37-30-27(21(2)3)19-24(35)20-28(30)22(4)5;1-2/h8-9,11-14,18-22,40H,6-7,10,15-17,35H2,1-5H3,(H2,37,38,42);1-2H2. The molecule has 0 unspecified atom stereocenters. The van der Waals surface area contributed by atoms with Crippen molar-refractivity contribution in [2.45, 2.75) is 72.3 Å². The van der Waals surface area contributed by atoms with Gasteiger partial charge in [0.15, 0.2) is 0 Å². The molecule has 2 aromatic carbocycles. The molecule has 2 amide bonds. The maximum Gasteiger partial charge on any atom is 0.323 e. The molecule has 45 heavy (non-hydrogen) atoms. The van der Waals surface area contributed by atoms with Crippen LogP contribution in [0.5, 0.6) is 5.75 Å². The lowest BCUT2D eigenvalue weighted by atomic mass is 9.92. The molecule has 5 N–H and O–H groups in total. The SMILES string of the molecule is C=C.CCCCn1c(=O)c(NC(=O)Nc2c(C(C)C)cc(N)cc2C(C)C)c(-c2cccc(OCCCO)c2)c2cccnc21. The van der Waals surface area contributed by atoms with Crippen molar-refractivity contribution < 1.29 is 14.6 Å². The van der Waals surface area contributed by atoms with Crippen molar-refractivity contribution in [3.05, 3.63) is 89.4 Å². The Hall–Kier alpha value is -4.63. The van der Waals surface area contributed by atoms with Crippen molar-refractivity contribution in [2.75, 3.05) is 29.6 Å². The van der Waals surface area contributed by atoms with Crippen LogP contribution in [-0.4, -0.2) is 33.9 Å². The van der Waals surface area contributed by atoms with Gasteiger partial charge < -0.3 is 26.2 Å². The molecule has 0 radical (unpaired) electrons. The number of ether oxygens (including phenoxy) is 1. The zero-order valence-corrected chi connectivity index (χ0v) is 27.2.